The molecule has 0 fully saturated rings. The molecule has 0 atom stereocenters. The maximum absolute atomic E-state index is 10.2. The Morgan fingerprint density at radius 2 is 2.38 bits per heavy atom. The molecule has 1 aromatic rings. The van der Waals surface area contributed by atoms with E-state index in [4.69, 9.17) is 10.4 Å². The first-order valence-corrected chi connectivity index (χ1v) is 3.35. The van der Waals surface area contributed by atoms with E-state index in [0.29, 0.717) is 0 Å². The molecule has 0 unspecified atom stereocenters. The van der Waals surface area contributed by atoms with Gasteiger partial charge < -0.3 is 15.2 Å². The van der Waals surface area contributed by atoms with Gasteiger partial charge in [0.05, 0.1) is 6.07 Å². The van der Waals surface area contributed by atoms with E-state index in [0.717, 1.165) is 12.1 Å². The Labute approximate surface area is 73.2 Å². The fourth-order valence-electron chi connectivity index (χ4n) is 0.789. The monoisotopic (exact) mass is 179 g/mol. The summed E-state index contributed by atoms with van der Waals surface area (Å²) >= 11 is 0. The molecule has 1 rings (SSSR count). The highest BCUT2D eigenvalue weighted by Gasteiger charge is 2.13. The zero-order chi connectivity index (χ0) is 9.84. The molecule has 0 aromatic carbocycles. The molecule has 0 saturated heterocycles. The highest BCUT2D eigenvalue weighted by atomic mass is 16.6. The zero-order valence-corrected chi connectivity index (χ0v) is 6.47. The largest absolute Gasteiger partial charge is 0.504 e. The number of rotatable bonds is 2. The second-order valence-electron chi connectivity index (χ2n) is 2.23. The number of aromatic nitrogens is 1. The summed E-state index contributed by atoms with van der Waals surface area (Å²) in [5.41, 5.74) is 0.0247. The number of nitro groups is 1. The van der Waals surface area contributed by atoms with Crippen LogP contribution in [0.25, 0.3) is 0 Å². The van der Waals surface area contributed by atoms with Gasteiger partial charge in [-0.1, -0.05) is 0 Å². The minimum Gasteiger partial charge on any atom is -0.504 e. The van der Waals surface area contributed by atoms with E-state index >= 15 is 0 Å². The Kier molecular flexibility index (Phi) is 2.40. The number of hydrogen-bond acceptors (Lipinski definition) is 5. The van der Waals surface area contributed by atoms with Crippen LogP contribution in [0.3, 0.4) is 0 Å². The van der Waals surface area contributed by atoms with Crippen molar-refractivity contribution in [3.05, 3.63) is 27.9 Å². The van der Waals surface area contributed by atoms with Crippen LogP contribution in [-0.2, 0) is 6.42 Å². The average Bonchev–Trinajstić information content (AvgIpc) is 2.08. The van der Waals surface area contributed by atoms with Crippen LogP contribution in [0, 0.1) is 21.4 Å². The van der Waals surface area contributed by atoms with E-state index in [-0.39, 0.29) is 23.7 Å². The first kappa shape index (κ1) is 8.93. The van der Waals surface area contributed by atoms with Gasteiger partial charge in [-0.3, -0.25) is 0 Å². The Balaban J connectivity index is 3.12. The summed E-state index contributed by atoms with van der Waals surface area (Å²) in [4.78, 5) is 13.1. The van der Waals surface area contributed by atoms with E-state index < -0.39 is 4.92 Å². The van der Waals surface area contributed by atoms with Gasteiger partial charge in [0.2, 0.25) is 5.69 Å². The topological polar surface area (TPSA) is 100 Å². The second kappa shape index (κ2) is 3.49. The molecule has 0 aliphatic rings. The summed E-state index contributed by atoms with van der Waals surface area (Å²) in [6.45, 7) is 0. The lowest BCUT2D eigenvalue weighted by Crippen LogP contribution is -1.95. The lowest BCUT2D eigenvalue weighted by molar-refractivity contribution is -0.389. The van der Waals surface area contributed by atoms with E-state index in [2.05, 4.69) is 4.98 Å². The molecule has 0 aliphatic carbocycles. The van der Waals surface area contributed by atoms with Gasteiger partial charge in [-0.2, -0.15) is 5.26 Å². The fraction of sp³-hybridized carbons (Fsp3) is 0.143. The van der Waals surface area contributed by atoms with Crippen LogP contribution in [-0.4, -0.2) is 15.0 Å². The Bertz CT molecular complexity index is 383. The molecule has 66 valence electrons. The molecule has 1 heterocycles. The molecule has 6 nitrogen and oxygen atoms in total. The molecule has 13 heavy (non-hydrogen) atoms. The Morgan fingerprint density at radius 3 is 2.92 bits per heavy atom. The average molecular weight is 179 g/mol. The van der Waals surface area contributed by atoms with Crippen molar-refractivity contribution in [1.29, 1.82) is 5.26 Å². The number of nitriles is 1. The van der Waals surface area contributed by atoms with Gasteiger partial charge in [0.1, 0.15) is 6.42 Å². The lowest BCUT2D eigenvalue weighted by atomic mass is 10.2. The zero-order valence-electron chi connectivity index (χ0n) is 6.47. The van der Waals surface area contributed by atoms with Gasteiger partial charge in [0.15, 0.2) is 5.75 Å². The second-order valence-corrected chi connectivity index (χ2v) is 2.23. The molecule has 6 heteroatoms. The van der Waals surface area contributed by atoms with E-state index in [1.807, 2.05) is 0 Å². The van der Waals surface area contributed by atoms with Crippen LogP contribution in [0.1, 0.15) is 5.69 Å². The van der Waals surface area contributed by atoms with Gasteiger partial charge in [-0.25, -0.2) is 0 Å². The predicted molar refractivity (Wildman–Crippen MR) is 41.9 cm³/mol. The van der Waals surface area contributed by atoms with Crippen LogP contribution >= 0.6 is 0 Å². The van der Waals surface area contributed by atoms with Gasteiger partial charge >= 0.3 is 5.82 Å². The van der Waals surface area contributed by atoms with Crippen molar-refractivity contribution in [3.8, 4) is 11.8 Å². The highest BCUT2D eigenvalue weighted by Crippen LogP contribution is 2.18. The maximum Gasteiger partial charge on any atom is 0.363 e. The number of pyridine rings is 1. The van der Waals surface area contributed by atoms with Crippen LogP contribution in [0.5, 0.6) is 5.75 Å². The van der Waals surface area contributed by atoms with Crippen molar-refractivity contribution in [2.45, 2.75) is 6.42 Å². The summed E-state index contributed by atoms with van der Waals surface area (Å²) in [6, 6.07) is 3.98. The van der Waals surface area contributed by atoms with Crippen molar-refractivity contribution in [2.24, 2.45) is 0 Å². The van der Waals surface area contributed by atoms with Crippen LogP contribution in [0.2, 0.25) is 0 Å². The van der Waals surface area contributed by atoms with E-state index in [1.54, 1.807) is 6.07 Å². The molecule has 0 aliphatic heterocycles. The van der Waals surface area contributed by atoms with Crippen LogP contribution in [0.4, 0.5) is 5.82 Å². The molecule has 1 N–H and O–H groups in total. The van der Waals surface area contributed by atoms with Crippen LogP contribution in [0.15, 0.2) is 12.1 Å². The third kappa shape index (κ3) is 1.90. The molecule has 0 saturated carbocycles. The third-order valence-electron chi connectivity index (χ3n) is 1.37. The molecule has 1 aromatic heterocycles. The highest BCUT2D eigenvalue weighted by molar-refractivity contribution is 5.34. The number of aromatic hydroxyl groups is 1. The van der Waals surface area contributed by atoms with E-state index in [9.17, 15) is 10.1 Å². The maximum atomic E-state index is 10.2. The van der Waals surface area contributed by atoms with Gasteiger partial charge in [0.25, 0.3) is 0 Å². The quantitative estimate of drug-likeness (QED) is 0.533. The first-order valence-electron chi connectivity index (χ1n) is 3.35. The Hall–Kier alpha value is -2.16. The van der Waals surface area contributed by atoms with Gasteiger partial charge in [0, 0.05) is 6.07 Å². The molecule has 0 radical (unpaired) electrons. The van der Waals surface area contributed by atoms with Crippen LogP contribution < -0.4 is 0 Å². The molecular weight excluding hydrogens is 174 g/mol. The van der Waals surface area contributed by atoms with Crippen molar-refractivity contribution in [3.63, 3.8) is 0 Å². The summed E-state index contributed by atoms with van der Waals surface area (Å²) in [5.74, 6) is -0.574. The first-order chi connectivity index (χ1) is 6.15. The predicted octanol–water partition coefficient (Wildman–Crippen LogP) is 0.761. The summed E-state index contributed by atoms with van der Waals surface area (Å²) in [7, 11) is 0. The van der Waals surface area contributed by atoms with Crippen molar-refractivity contribution < 1.29 is 10.0 Å². The van der Waals surface area contributed by atoms with Gasteiger partial charge in [-0.05, 0) is 16.0 Å². The minimum atomic E-state index is -0.680. The fourth-order valence-corrected chi connectivity index (χ4v) is 0.789. The standard InChI is InChI=1S/C7H5N3O3/c8-4-3-5-6(11)1-2-7(9-5)10(12)13/h1-2,11H,3H2. The SMILES string of the molecule is N#CCc1nc([N+](=O)[O-])ccc1O. The van der Waals surface area contributed by atoms with E-state index in [1.165, 1.54) is 0 Å². The number of hydrogen-bond donors (Lipinski definition) is 1. The summed E-state index contributed by atoms with van der Waals surface area (Å²) in [5, 5.41) is 27.7. The molecule has 0 spiro atoms. The smallest absolute Gasteiger partial charge is 0.363 e. The van der Waals surface area contributed by atoms with Crippen molar-refractivity contribution in [1.82, 2.24) is 4.98 Å². The van der Waals surface area contributed by atoms with Crippen molar-refractivity contribution in [2.75, 3.05) is 0 Å². The normalized spacial score (nSPS) is 9.15. The molecule has 0 amide bonds. The summed E-state index contributed by atoms with van der Waals surface area (Å²) in [6.07, 6.45) is -0.145. The molecular formula is C7H5N3O3. The summed E-state index contributed by atoms with van der Waals surface area (Å²) < 4.78 is 0. The lowest BCUT2D eigenvalue weighted by Gasteiger charge is -1.95. The van der Waals surface area contributed by atoms with Gasteiger partial charge in [-0.15, -0.1) is 0 Å². The molecule has 0 bridgehead atoms. The number of nitrogens with zero attached hydrogens (tertiary/aromatic N) is 3. The minimum absolute atomic E-state index is 0.0247. The third-order valence-corrected chi connectivity index (χ3v) is 1.37. The Morgan fingerprint density at radius 1 is 1.69 bits per heavy atom. The van der Waals surface area contributed by atoms with Crippen molar-refractivity contribution >= 4 is 5.82 Å².